The first-order valence-corrected chi connectivity index (χ1v) is 5.84. The molecule has 0 amide bonds. The Kier molecular flexibility index (Phi) is 3.31. The zero-order chi connectivity index (χ0) is 11.5. The van der Waals surface area contributed by atoms with E-state index in [1.807, 2.05) is 18.2 Å². The van der Waals surface area contributed by atoms with E-state index < -0.39 is 0 Å². The Labute approximate surface area is 103 Å². The van der Waals surface area contributed by atoms with Crippen LogP contribution in [0.3, 0.4) is 0 Å². The van der Waals surface area contributed by atoms with E-state index in [0.717, 1.165) is 22.1 Å². The molecule has 0 saturated heterocycles. The van der Waals surface area contributed by atoms with Gasteiger partial charge in [-0.05, 0) is 18.2 Å². The molecule has 3 nitrogen and oxygen atoms in total. The Bertz CT molecular complexity index is 498. The Morgan fingerprint density at radius 2 is 2.06 bits per heavy atom. The van der Waals surface area contributed by atoms with Crippen LogP contribution in [0.5, 0.6) is 11.5 Å². The van der Waals surface area contributed by atoms with E-state index in [1.165, 1.54) is 11.3 Å². The summed E-state index contributed by atoms with van der Waals surface area (Å²) in [4.78, 5) is 4.21. The number of rotatable bonds is 3. The molecule has 1 aromatic heterocycles. The lowest BCUT2D eigenvalue weighted by atomic mass is 10.2. The Morgan fingerprint density at radius 3 is 2.62 bits per heavy atom. The minimum Gasteiger partial charge on any atom is -0.497 e. The quantitative estimate of drug-likeness (QED) is 0.841. The van der Waals surface area contributed by atoms with Gasteiger partial charge in [-0.3, -0.25) is 0 Å². The summed E-state index contributed by atoms with van der Waals surface area (Å²) in [6.45, 7) is 0. The molecule has 5 heteroatoms. The van der Waals surface area contributed by atoms with E-state index in [0.29, 0.717) is 5.15 Å². The molecule has 0 aliphatic carbocycles. The summed E-state index contributed by atoms with van der Waals surface area (Å²) < 4.78 is 10.4. The van der Waals surface area contributed by atoms with E-state index in [2.05, 4.69) is 4.98 Å². The van der Waals surface area contributed by atoms with Crippen molar-refractivity contribution in [3.63, 3.8) is 0 Å². The number of benzene rings is 1. The first-order valence-electron chi connectivity index (χ1n) is 4.58. The fraction of sp³-hybridized carbons (Fsp3) is 0.182. The molecule has 2 aromatic rings. The molecule has 1 heterocycles. The van der Waals surface area contributed by atoms with Gasteiger partial charge in [0.25, 0.3) is 0 Å². The van der Waals surface area contributed by atoms with Gasteiger partial charge in [0.15, 0.2) is 0 Å². The van der Waals surface area contributed by atoms with Gasteiger partial charge in [-0.1, -0.05) is 11.6 Å². The minimum atomic E-state index is 0.491. The van der Waals surface area contributed by atoms with Gasteiger partial charge in [0.1, 0.15) is 21.7 Å². The summed E-state index contributed by atoms with van der Waals surface area (Å²) in [5.74, 6) is 1.52. The largest absolute Gasteiger partial charge is 0.497 e. The number of halogens is 1. The highest BCUT2D eigenvalue weighted by atomic mass is 35.5. The highest BCUT2D eigenvalue weighted by Gasteiger charge is 2.11. The number of thiazole rings is 1. The van der Waals surface area contributed by atoms with Crippen LogP contribution in [-0.2, 0) is 0 Å². The molecule has 84 valence electrons. The summed E-state index contributed by atoms with van der Waals surface area (Å²) >= 11 is 7.28. The summed E-state index contributed by atoms with van der Waals surface area (Å²) in [6, 6.07) is 5.58. The summed E-state index contributed by atoms with van der Waals surface area (Å²) in [5.41, 5.74) is 0.888. The third kappa shape index (κ3) is 2.13. The molecule has 0 saturated carbocycles. The van der Waals surface area contributed by atoms with Gasteiger partial charge in [-0.15, -0.1) is 11.3 Å². The average molecular weight is 256 g/mol. The zero-order valence-electron chi connectivity index (χ0n) is 8.86. The number of methoxy groups -OCH3 is 2. The number of ether oxygens (including phenoxy) is 2. The molecule has 2 rings (SSSR count). The van der Waals surface area contributed by atoms with Gasteiger partial charge < -0.3 is 9.47 Å². The van der Waals surface area contributed by atoms with Crippen molar-refractivity contribution >= 4 is 22.9 Å². The number of hydrogen-bond donors (Lipinski definition) is 0. The maximum atomic E-state index is 5.81. The third-order valence-electron chi connectivity index (χ3n) is 2.11. The van der Waals surface area contributed by atoms with Crippen molar-refractivity contribution in [3.05, 3.63) is 28.7 Å². The van der Waals surface area contributed by atoms with Gasteiger partial charge >= 0.3 is 0 Å². The van der Waals surface area contributed by atoms with E-state index in [4.69, 9.17) is 21.1 Å². The molecule has 0 fully saturated rings. The third-order valence-corrected chi connectivity index (χ3v) is 3.31. The van der Waals surface area contributed by atoms with Crippen molar-refractivity contribution in [3.8, 4) is 22.1 Å². The highest BCUT2D eigenvalue weighted by molar-refractivity contribution is 7.13. The molecular formula is C11H10ClNO2S. The number of nitrogens with zero attached hydrogens (tertiary/aromatic N) is 1. The minimum absolute atomic E-state index is 0.491. The van der Waals surface area contributed by atoms with Gasteiger partial charge in [0.2, 0.25) is 0 Å². The smallest absolute Gasteiger partial charge is 0.140 e. The molecule has 0 aliphatic rings. The van der Waals surface area contributed by atoms with Crippen molar-refractivity contribution in [1.29, 1.82) is 0 Å². The predicted octanol–water partition coefficient (Wildman–Crippen LogP) is 3.48. The number of aromatic nitrogens is 1. The molecule has 0 bridgehead atoms. The molecule has 1 aromatic carbocycles. The monoisotopic (exact) mass is 255 g/mol. The molecule has 0 unspecified atom stereocenters. The van der Waals surface area contributed by atoms with Gasteiger partial charge in [-0.2, -0.15) is 0 Å². The Hall–Kier alpha value is -1.26. The summed E-state index contributed by atoms with van der Waals surface area (Å²) in [5, 5.41) is 3.10. The Morgan fingerprint density at radius 1 is 1.25 bits per heavy atom. The van der Waals surface area contributed by atoms with Crippen LogP contribution in [0.25, 0.3) is 10.6 Å². The van der Waals surface area contributed by atoms with Crippen molar-refractivity contribution in [2.24, 2.45) is 0 Å². The van der Waals surface area contributed by atoms with Crippen LogP contribution < -0.4 is 9.47 Å². The maximum Gasteiger partial charge on any atom is 0.140 e. The lowest BCUT2D eigenvalue weighted by molar-refractivity contribution is 0.404. The predicted molar refractivity (Wildman–Crippen MR) is 65.7 cm³/mol. The Balaban J connectivity index is 2.52. The van der Waals surface area contributed by atoms with Crippen LogP contribution in [0.15, 0.2) is 23.6 Å². The lowest BCUT2D eigenvalue weighted by Gasteiger charge is -2.07. The second-order valence-corrected chi connectivity index (χ2v) is 4.29. The van der Waals surface area contributed by atoms with Gasteiger partial charge in [0, 0.05) is 5.38 Å². The van der Waals surface area contributed by atoms with Crippen molar-refractivity contribution in [1.82, 2.24) is 4.98 Å². The van der Waals surface area contributed by atoms with Crippen molar-refractivity contribution in [2.75, 3.05) is 14.2 Å². The molecule has 0 spiro atoms. The maximum absolute atomic E-state index is 5.81. The number of hydrogen-bond acceptors (Lipinski definition) is 4. The lowest BCUT2D eigenvalue weighted by Crippen LogP contribution is -1.89. The molecule has 0 aliphatic heterocycles. The van der Waals surface area contributed by atoms with Crippen molar-refractivity contribution < 1.29 is 9.47 Å². The second-order valence-electron chi connectivity index (χ2n) is 3.04. The van der Waals surface area contributed by atoms with Crippen LogP contribution in [0, 0.1) is 0 Å². The topological polar surface area (TPSA) is 31.4 Å². The molecular weight excluding hydrogens is 246 g/mol. The van der Waals surface area contributed by atoms with E-state index in [1.54, 1.807) is 19.6 Å². The fourth-order valence-electron chi connectivity index (χ4n) is 1.36. The second kappa shape index (κ2) is 4.72. The van der Waals surface area contributed by atoms with Crippen LogP contribution in [0.2, 0.25) is 5.15 Å². The van der Waals surface area contributed by atoms with Gasteiger partial charge in [0.05, 0.1) is 19.8 Å². The SMILES string of the molecule is COc1ccc(OC)c(-c2nc(Cl)cs2)c1. The normalized spacial score (nSPS) is 10.2. The molecule has 0 radical (unpaired) electrons. The highest BCUT2D eigenvalue weighted by Crippen LogP contribution is 2.35. The molecule has 16 heavy (non-hydrogen) atoms. The van der Waals surface area contributed by atoms with Gasteiger partial charge in [-0.25, -0.2) is 4.98 Å². The zero-order valence-corrected chi connectivity index (χ0v) is 10.4. The molecule has 0 atom stereocenters. The summed E-state index contributed by atoms with van der Waals surface area (Å²) in [6.07, 6.45) is 0. The first kappa shape index (κ1) is 11.2. The van der Waals surface area contributed by atoms with Crippen LogP contribution in [0.4, 0.5) is 0 Å². The van der Waals surface area contributed by atoms with Crippen LogP contribution >= 0.6 is 22.9 Å². The van der Waals surface area contributed by atoms with E-state index in [9.17, 15) is 0 Å². The standard InChI is InChI=1S/C11H10ClNO2S/c1-14-7-3-4-9(15-2)8(5-7)11-13-10(12)6-16-11/h3-6H,1-2H3. The van der Waals surface area contributed by atoms with Crippen molar-refractivity contribution in [2.45, 2.75) is 0 Å². The van der Waals surface area contributed by atoms with E-state index >= 15 is 0 Å². The fourth-order valence-corrected chi connectivity index (χ4v) is 2.33. The van der Waals surface area contributed by atoms with Crippen LogP contribution in [0.1, 0.15) is 0 Å². The van der Waals surface area contributed by atoms with Crippen LogP contribution in [-0.4, -0.2) is 19.2 Å². The molecule has 0 N–H and O–H groups in total. The summed E-state index contributed by atoms with van der Waals surface area (Å²) in [7, 11) is 3.25. The first-order chi connectivity index (χ1) is 7.74. The average Bonchev–Trinajstić information content (AvgIpc) is 2.75. The van der Waals surface area contributed by atoms with E-state index in [-0.39, 0.29) is 0 Å².